The quantitative estimate of drug-likeness (QED) is 0.490. The number of hydrogen-bond donors (Lipinski definition) is 0. The Morgan fingerprint density at radius 3 is 2.68 bits per heavy atom. The van der Waals surface area contributed by atoms with Gasteiger partial charge in [0.25, 0.3) is 5.56 Å². The molecule has 4 heterocycles. The van der Waals surface area contributed by atoms with E-state index in [2.05, 4.69) is 16.4 Å². The maximum atomic E-state index is 13.5. The molecule has 0 unspecified atom stereocenters. The van der Waals surface area contributed by atoms with Gasteiger partial charge in [0.15, 0.2) is 11.2 Å². The number of carbonyl (C=O) groups excluding carboxylic acids is 1. The average molecular weight is 436 g/mol. The van der Waals surface area contributed by atoms with Crippen molar-refractivity contribution >= 4 is 28.4 Å². The molecule has 9 heteroatoms. The monoisotopic (exact) mass is 435 g/mol. The van der Waals surface area contributed by atoms with E-state index < -0.39 is 11.2 Å². The number of imidazole rings is 1. The number of rotatable bonds is 3. The molecule has 158 valence electrons. The number of nitrogens with zero attached hydrogens (tertiary/aromatic N) is 5. The highest BCUT2D eigenvalue weighted by molar-refractivity contribution is 7.10. The SMILES string of the molecule is Cn1c(=O)c2c(ncn2CC(=O)N2CCc3sccc3[C@@H]2c2ccccc2)n(C)c1=O. The van der Waals surface area contributed by atoms with E-state index in [0.717, 1.165) is 22.1 Å². The lowest BCUT2D eigenvalue weighted by Gasteiger charge is -2.36. The lowest BCUT2D eigenvalue weighted by Crippen LogP contribution is -2.42. The van der Waals surface area contributed by atoms with Crippen LogP contribution in [0.5, 0.6) is 0 Å². The fourth-order valence-electron chi connectivity index (χ4n) is 4.33. The summed E-state index contributed by atoms with van der Waals surface area (Å²) in [6, 6.07) is 11.9. The molecule has 0 N–H and O–H groups in total. The van der Waals surface area contributed by atoms with Crippen molar-refractivity contribution in [2.75, 3.05) is 6.54 Å². The molecular weight excluding hydrogens is 414 g/mol. The second-order valence-electron chi connectivity index (χ2n) is 7.70. The first-order valence-electron chi connectivity index (χ1n) is 9.99. The number of aryl methyl sites for hydroxylation is 1. The molecule has 8 nitrogen and oxygen atoms in total. The van der Waals surface area contributed by atoms with E-state index in [0.29, 0.717) is 6.54 Å². The number of hydrogen-bond acceptors (Lipinski definition) is 5. The van der Waals surface area contributed by atoms with Crippen molar-refractivity contribution in [1.29, 1.82) is 0 Å². The number of thiophene rings is 1. The molecule has 5 rings (SSSR count). The summed E-state index contributed by atoms with van der Waals surface area (Å²) >= 11 is 1.72. The van der Waals surface area contributed by atoms with Crippen molar-refractivity contribution in [3.63, 3.8) is 0 Å². The second-order valence-corrected chi connectivity index (χ2v) is 8.70. The molecular formula is C22H21N5O3S. The molecule has 0 spiro atoms. The largest absolute Gasteiger partial charge is 0.332 e. The van der Waals surface area contributed by atoms with E-state index in [1.807, 2.05) is 35.2 Å². The van der Waals surface area contributed by atoms with Crippen LogP contribution in [0.2, 0.25) is 0 Å². The van der Waals surface area contributed by atoms with Gasteiger partial charge in [-0.25, -0.2) is 9.78 Å². The summed E-state index contributed by atoms with van der Waals surface area (Å²) in [5.41, 5.74) is 1.84. The van der Waals surface area contributed by atoms with Crippen molar-refractivity contribution < 1.29 is 4.79 Å². The molecule has 0 radical (unpaired) electrons. The van der Waals surface area contributed by atoms with Crippen molar-refractivity contribution in [3.05, 3.63) is 84.9 Å². The average Bonchev–Trinajstić information content (AvgIpc) is 3.43. The van der Waals surface area contributed by atoms with Crippen molar-refractivity contribution in [2.24, 2.45) is 14.1 Å². The second kappa shape index (κ2) is 7.35. The van der Waals surface area contributed by atoms with Gasteiger partial charge in [0.2, 0.25) is 5.91 Å². The number of benzene rings is 1. The maximum absolute atomic E-state index is 13.5. The zero-order valence-electron chi connectivity index (χ0n) is 17.2. The standard InChI is InChI=1S/C22H21N5O3S/c1-24-20-19(21(29)25(2)22(24)30)26(13-23-20)12-17(28)27-10-8-16-15(9-11-31-16)18(27)14-6-4-3-5-7-14/h3-7,9,11,13,18H,8,10,12H2,1-2H3/t18-/m0/s1. The third kappa shape index (κ3) is 3.04. The van der Waals surface area contributed by atoms with Crippen LogP contribution in [0.15, 0.2) is 57.7 Å². The Bertz CT molecular complexity index is 1410. The van der Waals surface area contributed by atoms with Crippen LogP contribution < -0.4 is 11.2 Å². The van der Waals surface area contributed by atoms with Crippen molar-refractivity contribution in [3.8, 4) is 0 Å². The number of amides is 1. The predicted molar refractivity (Wildman–Crippen MR) is 118 cm³/mol. The fourth-order valence-corrected chi connectivity index (χ4v) is 5.24. The van der Waals surface area contributed by atoms with Gasteiger partial charge in [-0.1, -0.05) is 30.3 Å². The summed E-state index contributed by atoms with van der Waals surface area (Å²) in [5.74, 6) is -0.0964. The number of fused-ring (bicyclic) bond motifs is 2. The van der Waals surface area contributed by atoms with Crippen LogP contribution in [0.4, 0.5) is 0 Å². The molecule has 4 aromatic rings. The lowest BCUT2D eigenvalue weighted by molar-refractivity contribution is -0.133. The first-order chi connectivity index (χ1) is 15.0. The highest BCUT2D eigenvalue weighted by Crippen LogP contribution is 2.37. The highest BCUT2D eigenvalue weighted by atomic mass is 32.1. The summed E-state index contributed by atoms with van der Waals surface area (Å²) in [5, 5.41) is 2.07. The number of carbonyl (C=O) groups is 1. The van der Waals surface area contributed by atoms with Gasteiger partial charge in [-0.05, 0) is 29.0 Å². The van der Waals surface area contributed by atoms with Crippen LogP contribution in [0, 0.1) is 0 Å². The van der Waals surface area contributed by atoms with E-state index in [-0.39, 0.29) is 29.7 Å². The van der Waals surface area contributed by atoms with Crippen molar-refractivity contribution in [1.82, 2.24) is 23.6 Å². The predicted octanol–water partition coefficient (Wildman–Crippen LogP) is 1.67. The third-order valence-electron chi connectivity index (χ3n) is 5.92. The topological polar surface area (TPSA) is 82.1 Å². The number of aromatic nitrogens is 4. The maximum Gasteiger partial charge on any atom is 0.332 e. The fraction of sp³-hybridized carbons (Fsp3) is 0.273. The van der Waals surface area contributed by atoms with Crippen LogP contribution in [-0.4, -0.2) is 36.0 Å². The van der Waals surface area contributed by atoms with E-state index in [1.54, 1.807) is 23.0 Å². The zero-order chi connectivity index (χ0) is 21.7. The molecule has 1 aliphatic heterocycles. The third-order valence-corrected chi connectivity index (χ3v) is 6.92. The minimum Gasteiger partial charge on any atom is -0.330 e. The molecule has 0 fully saturated rings. The molecule has 1 aromatic carbocycles. The minimum atomic E-state index is -0.457. The Morgan fingerprint density at radius 2 is 1.90 bits per heavy atom. The normalized spacial score (nSPS) is 15.9. The molecule has 31 heavy (non-hydrogen) atoms. The lowest BCUT2D eigenvalue weighted by atomic mass is 9.93. The molecule has 1 aliphatic rings. The van der Waals surface area contributed by atoms with Gasteiger partial charge in [0.05, 0.1) is 12.4 Å². The van der Waals surface area contributed by atoms with E-state index >= 15 is 0 Å². The molecule has 0 saturated carbocycles. The summed E-state index contributed by atoms with van der Waals surface area (Å²) in [7, 11) is 2.99. The van der Waals surface area contributed by atoms with Gasteiger partial charge < -0.3 is 9.47 Å². The van der Waals surface area contributed by atoms with Gasteiger partial charge >= 0.3 is 5.69 Å². The summed E-state index contributed by atoms with van der Waals surface area (Å²) in [6.07, 6.45) is 2.27. The van der Waals surface area contributed by atoms with Crippen molar-refractivity contribution in [2.45, 2.75) is 19.0 Å². The van der Waals surface area contributed by atoms with Gasteiger partial charge in [0.1, 0.15) is 6.54 Å². The van der Waals surface area contributed by atoms with Gasteiger partial charge in [-0.15, -0.1) is 11.3 Å². The van der Waals surface area contributed by atoms with Crippen LogP contribution >= 0.6 is 11.3 Å². The summed E-state index contributed by atoms with van der Waals surface area (Å²) < 4.78 is 3.91. The Labute approximate surface area is 181 Å². The first-order valence-corrected chi connectivity index (χ1v) is 10.9. The van der Waals surface area contributed by atoms with Crippen LogP contribution in [0.3, 0.4) is 0 Å². The Morgan fingerprint density at radius 1 is 1.13 bits per heavy atom. The van der Waals surface area contributed by atoms with E-state index in [4.69, 9.17) is 0 Å². The van der Waals surface area contributed by atoms with Crippen LogP contribution in [0.25, 0.3) is 11.2 Å². The smallest absolute Gasteiger partial charge is 0.330 e. The van der Waals surface area contributed by atoms with Crippen LogP contribution in [-0.2, 0) is 31.9 Å². The van der Waals surface area contributed by atoms with E-state index in [1.165, 1.54) is 22.8 Å². The van der Waals surface area contributed by atoms with E-state index in [9.17, 15) is 14.4 Å². The first kappa shape index (κ1) is 19.5. The molecule has 3 aromatic heterocycles. The highest BCUT2D eigenvalue weighted by Gasteiger charge is 2.33. The molecule has 0 bridgehead atoms. The van der Waals surface area contributed by atoms with Gasteiger partial charge in [0, 0.05) is 25.5 Å². The Kier molecular flexibility index (Phi) is 4.62. The molecule has 1 atom stereocenters. The van der Waals surface area contributed by atoms with Crippen LogP contribution in [0.1, 0.15) is 22.0 Å². The van der Waals surface area contributed by atoms with Gasteiger partial charge in [-0.3, -0.25) is 18.7 Å². The molecule has 0 saturated heterocycles. The van der Waals surface area contributed by atoms with Gasteiger partial charge in [-0.2, -0.15) is 0 Å². The molecule has 0 aliphatic carbocycles. The summed E-state index contributed by atoms with van der Waals surface area (Å²) in [4.78, 5) is 45.8. The molecule has 1 amide bonds. The minimum absolute atomic E-state index is 0.0211. The Balaban J connectivity index is 1.55. The summed E-state index contributed by atoms with van der Waals surface area (Å²) in [6.45, 7) is 0.585. The Hall–Kier alpha value is -3.46. The zero-order valence-corrected chi connectivity index (χ0v) is 18.0.